The minimum atomic E-state index is -0.283. The van der Waals surface area contributed by atoms with E-state index in [-0.39, 0.29) is 11.7 Å². The summed E-state index contributed by atoms with van der Waals surface area (Å²) in [5.74, 6) is -0.104. The Morgan fingerprint density at radius 2 is 2.14 bits per heavy atom. The molecule has 29 heavy (non-hydrogen) atoms. The normalized spacial score (nSPS) is 13.7. The number of benzene rings is 1. The zero-order valence-corrected chi connectivity index (χ0v) is 18.0. The van der Waals surface area contributed by atoms with E-state index in [0.29, 0.717) is 36.5 Å². The van der Waals surface area contributed by atoms with E-state index in [2.05, 4.69) is 5.10 Å². The van der Waals surface area contributed by atoms with Crippen molar-refractivity contribution in [1.82, 2.24) is 14.8 Å². The van der Waals surface area contributed by atoms with Crippen molar-refractivity contribution < 1.29 is 14.3 Å². The standard InChI is InChI=1S/C20H21ClN4O3S/c1-12-10-13(2)25(23-12)7-6-24(19(26)16-11-27-8-9-28-16)20-22-18-14(3)15(21)4-5-17(18)29-20/h4-5,10-11H,6-9H2,1-3H3. The molecule has 2 aromatic heterocycles. The number of carbonyl (C=O) groups excluding carboxylic acids is 1. The number of aromatic nitrogens is 3. The molecule has 0 atom stereocenters. The fourth-order valence-corrected chi connectivity index (χ4v) is 4.40. The van der Waals surface area contributed by atoms with Crippen LogP contribution in [-0.2, 0) is 20.8 Å². The first-order valence-corrected chi connectivity index (χ1v) is 10.5. The Kier molecular flexibility index (Phi) is 5.47. The first-order valence-electron chi connectivity index (χ1n) is 9.27. The zero-order valence-electron chi connectivity index (χ0n) is 16.4. The molecule has 0 N–H and O–H groups in total. The van der Waals surface area contributed by atoms with Gasteiger partial charge in [-0.1, -0.05) is 22.9 Å². The number of aryl methyl sites for hydroxylation is 3. The summed E-state index contributed by atoms with van der Waals surface area (Å²) in [6.07, 6.45) is 1.37. The van der Waals surface area contributed by atoms with Gasteiger partial charge in [0.1, 0.15) is 19.5 Å². The number of anilines is 1. The van der Waals surface area contributed by atoms with Gasteiger partial charge in [-0.2, -0.15) is 5.10 Å². The molecule has 0 bridgehead atoms. The van der Waals surface area contributed by atoms with Gasteiger partial charge in [-0.3, -0.25) is 14.4 Å². The second-order valence-corrected chi connectivity index (χ2v) is 8.24. The third-order valence-corrected chi connectivity index (χ3v) is 6.16. The third-order valence-electron chi connectivity index (χ3n) is 4.71. The van der Waals surface area contributed by atoms with E-state index in [9.17, 15) is 4.79 Å². The van der Waals surface area contributed by atoms with Crippen LogP contribution in [0.3, 0.4) is 0 Å². The van der Waals surface area contributed by atoms with Gasteiger partial charge in [-0.15, -0.1) is 0 Å². The predicted octanol–water partition coefficient (Wildman–Crippen LogP) is 3.99. The molecule has 3 heterocycles. The van der Waals surface area contributed by atoms with Crippen LogP contribution in [0.25, 0.3) is 10.2 Å². The molecule has 4 rings (SSSR count). The largest absolute Gasteiger partial charge is 0.494 e. The first-order chi connectivity index (χ1) is 13.9. The van der Waals surface area contributed by atoms with Crippen molar-refractivity contribution in [1.29, 1.82) is 0 Å². The number of nitrogens with zero attached hydrogens (tertiary/aromatic N) is 4. The summed E-state index contributed by atoms with van der Waals surface area (Å²) in [6.45, 7) is 7.58. The molecule has 0 saturated heterocycles. The Morgan fingerprint density at radius 1 is 1.31 bits per heavy atom. The van der Waals surface area contributed by atoms with Crippen LogP contribution in [-0.4, -0.2) is 40.4 Å². The van der Waals surface area contributed by atoms with Gasteiger partial charge in [0, 0.05) is 17.3 Å². The highest BCUT2D eigenvalue weighted by Crippen LogP contribution is 2.34. The lowest BCUT2D eigenvalue weighted by molar-refractivity contribution is -0.119. The summed E-state index contributed by atoms with van der Waals surface area (Å²) in [7, 11) is 0. The molecule has 1 aromatic carbocycles. The molecule has 0 fully saturated rings. The average molecular weight is 433 g/mol. The van der Waals surface area contributed by atoms with Crippen molar-refractivity contribution in [3.63, 3.8) is 0 Å². The van der Waals surface area contributed by atoms with Gasteiger partial charge in [-0.25, -0.2) is 4.98 Å². The van der Waals surface area contributed by atoms with Crippen molar-refractivity contribution in [2.24, 2.45) is 0 Å². The second kappa shape index (κ2) is 8.04. The van der Waals surface area contributed by atoms with Crippen LogP contribution in [0.2, 0.25) is 5.02 Å². The Bertz CT molecular complexity index is 1100. The Balaban J connectivity index is 1.69. The minimum absolute atomic E-state index is 0.179. The van der Waals surface area contributed by atoms with Crippen LogP contribution in [0.1, 0.15) is 17.0 Å². The maximum atomic E-state index is 13.2. The lowest BCUT2D eigenvalue weighted by atomic mass is 10.2. The molecule has 9 heteroatoms. The molecule has 0 unspecified atom stereocenters. The average Bonchev–Trinajstić information content (AvgIpc) is 3.28. The van der Waals surface area contributed by atoms with Crippen molar-refractivity contribution in [3.05, 3.63) is 52.2 Å². The van der Waals surface area contributed by atoms with Crippen LogP contribution in [0.5, 0.6) is 0 Å². The molecular formula is C20H21ClN4O3S. The summed E-state index contributed by atoms with van der Waals surface area (Å²) < 4.78 is 13.7. The van der Waals surface area contributed by atoms with E-state index in [0.717, 1.165) is 27.2 Å². The number of rotatable bonds is 5. The van der Waals surface area contributed by atoms with Crippen LogP contribution < -0.4 is 4.90 Å². The monoisotopic (exact) mass is 432 g/mol. The minimum Gasteiger partial charge on any atom is -0.494 e. The van der Waals surface area contributed by atoms with E-state index < -0.39 is 0 Å². The van der Waals surface area contributed by atoms with E-state index >= 15 is 0 Å². The summed E-state index contributed by atoms with van der Waals surface area (Å²) in [5, 5.41) is 5.73. The van der Waals surface area contributed by atoms with Gasteiger partial charge < -0.3 is 9.47 Å². The Hall–Kier alpha value is -2.58. The van der Waals surface area contributed by atoms with Crippen LogP contribution >= 0.6 is 22.9 Å². The molecule has 1 aliphatic rings. The van der Waals surface area contributed by atoms with E-state index in [1.165, 1.54) is 17.6 Å². The summed E-state index contributed by atoms with van der Waals surface area (Å²) in [5.41, 5.74) is 3.68. The molecule has 1 amide bonds. The molecular weight excluding hydrogens is 412 g/mol. The van der Waals surface area contributed by atoms with Gasteiger partial charge in [0.2, 0.25) is 5.76 Å². The predicted molar refractivity (Wildman–Crippen MR) is 113 cm³/mol. The van der Waals surface area contributed by atoms with E-state index in [1.807, 2.05) is 43.7 Å². The highest BCUT2D eigenvalue weighted by Gasteiger charge is 2.26. The zero-order chi connectivity index (χ0) is 20.5. The van der Waals surface area contributed by atoms with E-state index in [4.69, 9.17) is 26.1 Å². The summed E-state index contributed by atoms with van der Waals surface area (Å²) in [6, 6.07) is 5.79. The molecule has 0 aliphatic carbocycles. The molecule has 1 aliphatic heterocycles. The van der Waals surface area contributed by atoms with Crippen molar-refractivity contribution >= 4 is 44.2 Å². The fourth-order valence-electron chi connectivity index (χ4n) is 3.20. The maximum absolute atomic E-state index is 13.2. The summed E-state index contributed by atoms with van der Waals surface area (Å²) in [4.78, 5) is 19.5. The van der Waals surface area contributed by atoms with Crippen LogP contribution in [0, 0.1) is 20.8 Å². The van der Waals surface area contributed by atoms with Crippen molar-refractivity contribution in [2.75, 3.05) is 24.7 Å². The molecule has 0 saturated carbocycles. The molecule has 0 radical (unpaired) electrons. The van der Waals surface area contributed by atoms with Crippen molar-refractivity contribution in [2.45, 2.75) is 27.3 Å². The van der Waals surface area contributed by atoms with E-state index in [1.54, 1.807) is 4.90 Å². The van der Waals surface area contributed by atoms with Crippen molar-refractivity contribution in [3.8, 4) is 0 Å². The van der Waals surface area contributed by atoms with Gasteiger partial charge in [0.15, 0.2) is 5.13 Å². The molecule has 3 aromatic rings. The number of halogens is 1. The van der Waals surface area contributed by atoms with Gasteiger partial charge in [0.05, 0.1) is 22.5 Å². The number of amides is 1. The Morgan fingerprint density at radius 3 is 2.83 bits per heavy atom. The number of thiazole rings is 1. The van der Waals surface area contributed by atoms with Gasteiger partial charge in [0.25, 0.3) is 5.91 Å². The number of fused-ring (bicyclic) bond motifs is 1. The molecule has 152 valence electrons. The lowest BCUT2D eigenvalue weighted by Gasteiger charge is -2.23. The number of ether oxygens (including phenoxy) is 2. The topological polar surface area (TPSA) is 69.5 Å². The lowest BCUT2D eigenvalue weighted by Crippen LogP contribution is -2.36. The SMILES string of the molecule is Cc1cc(C)n(CCN(C(=O)C2=COCCO2)c2nc3c(C)c(Cl)ccc3s2)n1. The Labute approximate surface area is 177 Å². The first kappa shape index (κ1) is 19.7. The van der Waals surface area contributed by atoms with Crippen LogP contribution in [0.15, 0.2) is 30.2 Å². The number of hydrogen-bond donors (Lipinski definition) is 0. The highest BCUT2D eigenvalue weighted by atomic mass is 35.5. The fraction of sp³-hybridized carbons (Fsp3) is 0.350. The summed E-state index contributed by atoms with van der Waals surface area (Å²) >= 11 is 7.70. The van der Waals surface area contributed by atoms with Gasteiger partial charge >= 0.3 is 0 Å². The number of carbonyl (C=O) groups is 1. The smallest absolute Gasteiger partial charge is 0.298 e. The highest BCUT2D eigenvalue weighted by molar-refractivity contribution is 7.22. The molecule has 7 nitrogen and oxygen atoms in total. The second-order valence-electron chi connectivity index (χ2n) is 6.82. The molecule has 0 spiro atoms. The number of hydrogen-bond acceptors (Lipinski definition) is 6. The quantitative estimate of drug-likeness (QED) is 0.609. The maximum Gasteiger partial charge on any atom is 0.298 e. The van der Waals surface area contributed by atoms with Gasteiger partial charge in [-0.05, 0) is 44.5 Å². The van der Waals surface area contributed by atoms with Crippen LogP contribution in [0.4, 0.5) is 5.13 Å². The third kappa shape index (κ3) is 3.95.